The average Bonchev–Trinajstić information content (AvgIpc) is 2.95. The molecule has 0 aliphatic rings. The first-order valence-corrected chi connectivity index (χ1v) is 5.83. The summed E-state index contributed by atoms with van der Waals surface area (Å²) in [6, 6.07) is 11.2. The number of hydrogen-bond donors (Lipinski definition) is 1. The van der Waals surface area contributed by atoms with Gasteiger partial charge in [0.1, 0.15) is 16.2 Å². The number of para-hydroxylation sites is 2. The number of aromatic nitrogens is 2. The Morgan fingerprint density at radius 1 is 1.24 bits per heavy atom. The fourth-order valence-corrected chi connectivity index (χ4v) is 2.54. The van der Waals surface area contributed by atoms with E-state index in [0.29, 0.717) is 4.88 Å². The fourth-order valence-electron chi connectivity index (χ4n) is 1.71. The van der Waals surface area contributed by atoms with Gasteiger partial charge in [-0.1, -0.05) is 12.1 Å². The Labute approximate surface area is 101 Å². The summed E-state index contributed by atoms with van der Waals surface area (Å²) in [7, 11) is 0. The van der Waals surface area contributed by atoms with Gasteiger partial charge < -0.3 is 5.11 Å². The summed E-state index contributed by atoms with van der Waals surface area (Å²) < 4.78 is 1.90. The zero-order valence-electron chi connectivity index (χ0n) is 8.70. The van der Waals surface area contributed by atoms with Crippen LogP contribution >= 0.6 is 11.3 Å². The van der Waals surface area contributed by atoms with Crippen LogP contribution in [0.15, 0.2) is 42.7 Å². The van der Waals surface area contributed by atoms with Crippen molar-refractivity contribution in [2.45, 2.75) is 0 Å². The number of carboxylic acids is 1. The number of carboxylic acid groups (broad SMARTS) is 1. The lowest BCUT2D eigenvalue weighted by Gasteiger charge is -1.98. The standard InChI is InChI=1S/C12H8N2O2S/c15-12(16)10-5-6-11(17-10)14-7-13-8-3-1-2-4-9(8)14/h1-7H,(H,15,16). The van der Waals surface area contributed by atoms with Crippen molar-refractivity contribution >= 4 is 28.3 Å². The van der Waals surface area contributed by atoms with Crippen LogP contribution in [0.1, 0.15) is 9.67 Å². The Morgan fingerprint density at radius 3 is 2.82 bits per heavy atom. The van der Waals surface area contributed by atoms with Crippen LogP contribution in [0.4, 0.5) is 0 Å². The number of aromatic carboxylic acids is 1. The first-order chi connectivity index (χ1) is 8.25. The maximum Gasteiger partial charge on any atom is 0.345 e. The van der Waals surface area contributed by atoms with Gasteiger partial charge in [-0.2, -0.15) is 0 Å². The number of fused-ring (bicyclic) bond motifs is 1. The molecule has 3 aromatic rings. The Hall–Kier alpha value is -2.14. The summed E-state index contributed by atoms with van der Waals surface area (Å²) in [4.78, 5) is 15.4. The Kier molecular flexibility index (Phi) is 2.19. The predicted molar refractivity (Wildman–Crippen MR) is 65.9 cm³/mol. The molecule has 3 rings (SSSR count). The molecule has 0 unspecified atom stereocenters. The monoisotopic (exact) mass is 244 g/mol. The first kappa shape index (κ1) is 10.0. The van der Waals surface area contributed by atoms with Crippen molar-refractivity contribution in [2.75, 3.05) is 0 Å². The molecule has 0 aliphatic carbocycles. The van der Waals surface area contributed by atoms with Crippen LogP contribution < -0.4 is 0 Å². The second-order valence-electron chi connectivity index (χ2n) is 3.55. The van der Waals surface area contributed by atoms with E-state index in [1.54, 1.807) is 18.5 Å². The summed E-state index contributed by atoms with van der Waals surface area (Å²) in [5, 5.41) is 9.75. The van der Waals surface area contributed by atoms with Crippen molar-refractivity contribution in [1.29, 1.82) is 0 Å². The Morgan fingerprint density at radius 2 is 2.06 bits per heavy atom. The van der Waals surface area contributed by atoms with Gasteiger partial charge in [0, 0.05) is 0 Å². The fraction of sp³-hybridized carbons (Fsp3) is 0. The highest BCUT2D eigenvalue weighted by atomic mass is 32.1. The van der Waals surface area contributed by atoms with Gasteiger partial charge in [-0.3, -0.25) is 4.57 Å². The summed E-state index contributed by atoms with van der Waals surface area (Å²) >= 11 is 1.24. The van der Waals surface area contributed by atoms with Gasteiger partial charge in [0.2, 0.25) is 0 Å². The number of hydrogen-bond acceptors (Lipinski definition) is 3. The minimum atomic E-state index is -0.898. The van der Waals surface area contributed by atoms with Crippen molar-refractivity contribution < 1.29 is 9.90 Å². The van der Waals surface area contributed by atoms with Gasteiger partial charge in [-0.15, -0.1) is 11.3 Å². The van der Waals surface area contributed by atoms with Crippen LogP contribution in [0.5, 0.6) is 0 Å². The van der Waals surface area contributed by atoms with Crippen molar-refractivity contribution in [3.05, 3.63) is 47.6 Å². The molecule has 0 fully saturated rings. The van der Waals surface area contributed by atoms with Crippen LogP contribution in [0, 0.1) is 0 Å². The minimum absolute atomic E-state index is 0.331. The quantitative estimate of drug-likeness (QED) is 0.754. The summed E-state index contributed by atoms with van der Waals surface area (Å²) in [5.41, 5.74) is 1.88. The molecule has 5 heteroatoms. The number of imidazole rings is 1. The Bertz CT molecular complexity index is 699. The van der Waals surface area contributed by atoms with Crippen LogP contribution in [0.2, 0.25) is 0 Å². The third kappa shape index (κ3) is 1.60. The zero-order chi connectivity index (χ0) is 11.8. The van der Waals surface area contributed by atoms with Crippen molar-refractivity contribution in [1.82, 2.24) is 9.55 Å². The van der Waals surface area contributed by atoms with E-state index >= 15 is 0 Å². The minimum Gasteiger partial charge on any atom is -0.477 e. The van der Waals surface area contributed by atoms with E-state index < -0.39 is 5.97 Å². The summed E-state index contributed by atoms with van der Waals surface area (Å²) in [6.07, 6.45) is 1.71. The largest absolute Gasteiger partial charge is 0.477 e. The van der Waals surface area contributed by atoms with E-state index in [0.717, 1.165) is 16.0 Å². The van der Waals surface area contributed by atoms with Crippen molar-refractivity contribution in [3.8, 4) is 5.00 Å². The SMILES string of the molecule is O=C(O)c1ccc(-n2cnc3ccccc32)s1. The molecule has 0 saturated carbocycles. The molecule has 0 aliphatic heterocycles. The first-order valence-electron chi connectivity index (χ1n) is 5.01. The van der Waals surface area contributed by atoms with Gasteiger partial charge in [0.25, 0.3) is 0 Å². The maximum atomic E-state index is 10.8. The highest BCUT2D eigenvalue weighted by molar-refractivity contribution is 7.16. The van der Waals surface area contributed by atoms with Crippen LogP contribution in [0.3, 0.4) is 0 Å². The predicted octanol–water partition coefficient (Wildman–Crippen LogP) is 2.79. The van der Waals surface area contributed by atoms with Gasteiger partial charge in [0.15, 0.2) is 0 Å². The highest BCUT2D eigenvalue weighted by Crippen LogP contribution is 2.24. The van der Waals surface area contributed by atoms with E-state index in [9.17, 15) is 4.79 Å². The molecule has 1 N–H and O–H groups in total. The smallest absolute Gasteiger partial charge is 0.345 e. The zero-order valence-corrected chi connectivity index (χ0v) is 9.52. The molecule has 1 aromatic carbocycles. The van der Waals surface area contributed by atoms with E-state index in [1.807, 2.05) is 28.8 Å². The number of carbonyl (C=O) groups is 1. The van der Waals surface area contributed by atoms with Crippen molar-refractivity contribution in [3.63, 3.8) is 0 Å². The molecule has 0 radical (unpaired) electrons. The molecule has 0 spiro atoms. The lowest BCUT2D eigenvalue weighted by molar-refractivity contribution is 0.0702. The molecule has 0 saturated heterocycles. The van der Waals surface area contributed by atoms with E-state index in [1.165, 1.54) is 11.3 Å². The number of rotatable bonds is 2. The molecule has 0 amide bonds. The van der Waals surface area contributed by atoms with Crippen LogP contribution in [-0.2, 0) is 0 Å². The Balaban J connectivity index is 2.17. The van der Waals surface area contributed by atoms with Gasteiger partial charge in [-0.05, 0) is 24.3 Å². The lowest BCUT2D eigenvalue weighted by Crippen LogP contribution is -1.90. The normalized spacial score (nSPS) is 10.8. The van der Waals surface area contributed by atoms with Crippen molar-refractivity contribution in [2.24, 2.45) is 0 Å². The second-order valence-corrected chi connectivity index (χ2v) is 4.61. The molecule has 2 aromatic heterocycles. The van der Waals surface area contributed by atoms with Gasteiger partial charge >= 0.3 is 5.97 Å². The molecule has 0 bridgehead atoms. The molecule has 4 nitrogen and oxygen atoms in total. The van der Waals surface area contributed by atoms with E-state index in [4.69, 9.17) is 5.11 Å². The number of thiophene rings is 1. The number of nitrogens with zero attached hydrogens (tertiary/aromatic N) is 2. The van der Waals surface area contributed by atoms with Gasteiger partial charge in [-0.25, -0.2) is 9.78 Å². The maximum absolute atomic E-state index is 10.8. The highest BCUT2D eigenvalue weighted by Gasteiger charge is 2.10. The van der Waals surface area contributed by atoms with Crippen LogP contribution in [-0.4, -0.2) is 20.6 Å². The molecule has 84 valence electrons. The molecule has 17 heavy (non-hydrogen) atoms. The summed E-state index contributed by atoms with van der Waals surface area (Å²) in [5.74, 6) is -0.898. The van der Waals surface area contributed by atoms with Gasteiger partial charge in [0.05, 0.1) is 11.0 Å². The average molecular weight is 244 g/mol. The molecule has 0 atom stereocenters. The topological polar surface area (TPSA) is 55.1 Å². The third-order valence-corrected chi connectivity index (χ3v) is 3.57. The summed E-state index contributed by atoms with van der Waals surface area (Å²) in [6.45, 7) is 0. The van der Waals surface area contributed by atoms with Crippen LogP contribution in [0.25, 0.3) is 16.0 Å². The van der Waals surface area contributed by atoms with E-state index in [-0.39, 0.29) is 0 Å². The van der Waals surface area contributed by atoms with E-state index in [2.05, 4.69) is 4.98 Å². The number of benzene rings is 1. The third-order valence-electron chi connectivity index (χ3n) is 2.49. The molecular formula is C12H8N2O2S. The second kappa shape index (κ2) is 3.71. The molecular weight excluding hydrogens is 236 g/mol. The molecule has 2 heterocycles. The lowest BCUT2D eigenvalue weighted by atomic mass is 10.3.